The molecule has 7 heterocycles. The Labute approximate surface area is 304 Å². The van der Waals surface area contributed by atoms with Gasteiger partial charge in [-0.25, -0.2) is 29.9 Å². The maximum Gasteiger partial charge on any atom is 0.433 e. The zero-order valence-electron chi connectivity index (χ0n) is 26.5. The molecule has 1 unspecified atom stereocenters. The van der Waals surface area contributed by atoms with Crippen molar-refractivity contribution in [1.29, 1.82) is 0 Å². The van der Waals surface area contributed by atoms with Crippen LogP contribution in [0.4, 0.5) is 30.6 Å². The van der Waals surface area contributed by atoms with Gasteiger partial charge in [-0.1, -0.05) is 29.3 Å². The predicted octanol–water partition coefficient (Wildman–Crippen LogP) is 7.91. The molecule has 1 aliphatic carbocycles. The summed E-state index contributed by atoms with van der Waals surface area (Å²) < 4.78 is 39.6. The molecule has 0 bridgehead atoms. The lowest BCUT2D eigenvalue weighted by molar-refractivity contribution is -0.141. The molecule has 0 spiro atoms. The smallest absolute Gasteiger partial charge is 0.363 e. The third-order valence-electron chi connectivity index (χ3n) is 8.84. The van der Waals surface area contributed by atoms with E-state index in [0.29, 0.717) is 28.3 Å². The van der Waals surface area contributed by atoms with Crippen molar-refractivity contribution in [3.63, 3.8) is 0 Å². The van der Waals surface area contributed by atoms with Gasteiger partial charge in [0.15, 0.2) is 0 Å². The molecule has 0 saturated heterocycles. The number of hydrogen-bond donors (Lipinski definition) is 1. The van der Waals surface area contributed by atoms with Crippen LogP contribution in [-0.2, 0) is 32.1 Å². The molecular weight excluding hydrogens is 756 g/mol. The Hall–Kier alpha value is -4.14. The van der Waals surface area contributed by atoms with E-state index >= 15 is 0 Å². The maximum absolute atomic E-state index is 12.9. The Balaban J connectivity index is 0.000000184. The molecule has 3 aliphatic rings. The third kappa shape index (κ3) is 7.92. The summed E-state index contributed by atoms with van der Waals surface area (Å²) in [4.78, 5) is 34.1. The fourth-order valence-corrected chi connectivity index (χ4v) is 6.75. The van der Waals surface area contributed by atoms with E-state index in [9.17, 15) is 13.2 Å². The van der Waals surface area contributed by atoms with Crippen LogP contribution in [-0.4, -0.2) is 48.0 Å². The molecule has 258 valence electrons. The van der Waals surface area contributed by atoms with Gasteiger partial charge in [0.1, 0.15) is 40.4 Å². The number of halogens is 6. The third-order valence-corrected chi connectivity index (χ3v) is 9.98. The van der Waals surface area contributed by atoms with Crippen molar-refractivity contribution in [2.45, 2.75) is 51.0 Å². The van der Waals surface area contributed by atoms with Gasteiger partial charge in [0.05, 0.1) is 27.5 Å². The molecule has 1 fully saturated rings. The Bertz CT molecular complexity index is 1950. The fraction of sp³-hybridized carbons (Fsp3) is 0.324. The summed E-state index contributed by atoms with van der Waals surface area (Å²) in [5.74, 6) is 2.78. The van der Waals surface area contributed by atoms with Gasteiger partial charge in [-0.15, -0.1) is 0 Å². The van der Waals surface area contributed by atoms with Crippen LogP contribution in [0.15, 0.2) is 72.2 Å². The molecule has 2 aliphatic heterocycles. The summed E-state index contributed by atoms with van der Waals surface area (Å²) in [5, 5.41) is 4.72. The van der Waals surface area contributed by atoms with E-state index in [1.165, 1.54) is 18.6 Å². The zero-order valence-corrected chi connectivity index (χ0v) is 29.6. The van der Waals surface area contributed by atoms with Crippen LogP contribution in [0.2, 0.25) is 10.0 Å². The largest absolute Gasteiger partial charge is 0.433 e. The Morgan fingerprint density at radius 3 is 1.86 bits per heavy atom. The number of aromatic nitrogens is 7. The number of pyridine rings is 3. The van der Waals surface area contributed by atoms with Gasteiger partial charge in [-0.05, 0) is 70.6 Å². The second-order valence-electron chi connectivity index (χ2n) is 12.2. The van der Waals surface area contributed by atoms with Crippen LogP contribution in [0, 0.1) is 5.92 Å². The average molecular weight is 786 g/mol. The van der Waals surface area contributed by atoms with Gasteiger partial charge in [-0.3, -0.25) is 4.98 Å². The predicted molar refractivity (Wildman–Crippen MR) is 188 cm³/mol. The molecule has 0 radical (unpaired) electrons. The quantitative estimate of drug-likeness (QED) is 0.171. The minimum Gasteiger partial charge on any atom is -0.363 e. The van der Waals surface area contributed by atoms with Crippen molar-refractivity contribution >= 4 is 56.6 Å². The molecule has 5 aromatic rings. The van der Waals surface area contributed by atoms with Crippen molar-refractivity contribution < 1.29 is 13.2 Å². The van der Waals surface area contributed by atoms with Gasteiger partial charge < -0.3 is 15.1 Å². The minimum absolute atomic E-state index is 0.159. The van der Waals surface area contributed by atoms with Crippen molar-refractivity contribution in [3.8, 4) is 0 Å². The minimum atomic E-state index is -4.45. The number of alkyl halides is 3. The molecule has 5 aromatic heterocycles. The summed E-state index contributed by atoms with van der Waals surface area (Å²) >= 11 is 15.3. The molecule has 0 amide bonds. The molecule has 1 N–H and O–H groups in total. The van der Waals surface area contributed by atoms with Crippen LogP contribution in [0.5, 0.6) is 0 Å². The molecule has 0 aromatic carbocycles. The molecule has 8 rings (SSSR count). The first-order valence-corrected chi connectivity index (χ1v) is 17.5. The number of fused-ring (bicyclic) bond motifs is 2. The SMILES string of the molecule is Clc1ccc(N2CCc3ncnc(Br)c3C2)nc1.FC(F)(F)c1ccc(C(Nc2ncnc3c2CN(c2ccc(Cl)cn2)CC3)C2CC2)cn1. The lowest BCUT2D eigenvalue weighted by Crippen LogP contribution is -2.32. The highest BCUT2D eigenvalue weighted by molar-refractivity contribution is 9.10. The van der Waals surface area contributed by atoms with E-state index < -0.39 is 11.9 Å². The highest BCUT2D eigenvalue weighted by Crippen LogP contribution is 2.43. The van der Waals surface area contributed by atoms with Gasteiger partial charge in [0.2, 0.25) is 0 Å². The normalized spacial score (nSPS) is 16.1. The van der Waals surface area contributed by atoms with E-state index in [1.54, 1.807) is 24.8 Å². The monoisotopic (exact) mass is 784 g/mol. The van der Waals surface area contributed by atoms with Crippen molar-refractivity contribution in [2.24, 2.45) is 5.92 Å². The van der Waals surface area contributed by atoms with E-state index in [0.717, 1.165) is 95.7 Å². The number of nitrogens with zero attached hydrogens (tertiary/aromatic N) is 9. The van der Waals surface area contributed by atoms with Crippen LogP contribution in [0.25, 0.3) is 0 Å². The fourth-order valence-electron chi connectivity index (χ4n) is 6.08. The molecular formula is C34H30BrCl2F3N10. The molecule has 1 atom stereocenters. The van der Waals surface area contributed by atoms with Crippen LogP contribution in [0.3, 0.4) is 0 Å². The summed E-state index contributed by atoms with van der Waals surface area (Å²) in [6.45, 7) is 3.03. The van der Waals surface area contributed by atoms with Gasteiger partial charge >= 0.3 is 6.18 Å². The van der Waals surface area contributed by atoms with E-state index in [-0.39, 0.29) is 6.04 Å². The van der Waals surface area contributed by atoms with Gasteiger partial charge in [-0.2, -0.15) is 13.2 Å². The molecule has 16 heteroatoms. The second-order valence-corrected chi connectivity index (χ2v) is 13.8. The number of hydrogen-bond acceptors (Lipinski definition) is 10. The van der Waals surface area contributed by atoms with Crippen LogP contribution >= 0.6 is 39.1 Å². The molecule has 10 nitrogen and oxygen atoms in total. The average Bonchev–Trinajstić information content (AvgIpc) is 3.97. The number of nitrogens with one attached hydrogen (secondary N) is 1. The summed E-state index contributed by atoms with van der Waals surface area (Å²) in [7, 11) is 0. The lowest BCUT2D eigenvalue weighted by atomic mass is 10.0. The van der Waals surface area contributed by atoms with Crippen molar-refractivity contribution in [1.82, 2.24) is 34.9 Å². The Morgan fingerprint density at radius 2 is 1.32 bits per heavy atom. The van der Waals surface area contributed by atoms with E-state index in [4.69, 9.17) is 23.2 Å². The van der Waals surface area contributed by atoms with Crippen LogP contribution < -0.4 is 15.1 Å². The highest BCUT2D eigenvalue weighted by Gasteiger charge is 2.36. The Kier molecular flexibility index (Phi) is 10.0. The standard InChI is InChI=1S/C22H20ClF3N6.C12H10BrClN4/c23-15-4-6-19(28-10-15)32-8-7-17-16(11-32)21(30-12-29-17)31-20(13-1-2-13)14-3-5-18(27-9-14)22(24,25)26;13-12-9-6-18(4-3-10(9)16-7-17-12)11-2-1-8(14)5-15-11/h3-6,9-10,12-13,20H,1-2,7-8,11H2,(H,29,30,31);1-2,5,7H,3-4,6H2. The maximum atomic E-state index is 12.9. The first-order chi connectivity index (χ1) is 24.1. The number of rotatable bonds is 6. The van der Waals surface area contributed by atoms with Crippen molar-refractivity contribution in [2.75, 3.05) is 28.2 Å². The summed E-state index contributed by atoms with van der Waals surface area (Å²) in [6.07, 6.45) is 6.94. The van der Waals surface area contributed by atoms with E-state index in [1.807, 2.05) is 18.2 Å². The zero-order chi connectivity index (χ0) is 34.8. The van der Waals surface area contributed by atoms with Crippen LogP contribution in [0.1, 0.15) is 52.7 Å². The van der Waals surface area contributed by atoms with E-state index in [2.05, 4.69) is 65.9 Å². The van der Waals surface area contributed by atoms with Gasteiger partial charge in [0, 0.05) is 68.7 Å². The van der Waals surface area contributed by atoms with Crippen molar-refractivity contribution in [3.05, 3.63) is 116 Å². The molecule has 50 heavy (non-hydrogen) atoms. The van der Waals surface area contributed by atoms with Gasteiger partial charge in [0.25, 0.3) is 0 Å². The number of anilines is 3. The summed E-state index contributed by atoms with van der Waals surface area (Å²) in [5.41, 5.74) is 4.03. The Morgan fingerprint density at radius 1 is 0.720 bits per heavy atom. The topological polar surface area (TPSA) is 109 Å². The second kappa shape index (κ2) is 14.6. The molecule has 1 saturated carbocycles. The summed E-state index contributed by atoms with van der Waals surface area (Å²) in [6, 6.07) is 9.86. The first-order valence-electron chi connectivity index (χ1n) is 16.0. The lowest BCUT2D eigenvalue weighted by Gasteiger charge is -2.31. The highest BCUT2D eigenvalue weighted by atomic mass is 79.9. The first kappa shape index (κ1) is 34.3.